The van der Waals surface area contributed by atoms with Crippen LogP contribution in [0.4, 0.5) is 5.69 Å². The Balaban J connectivity index is 2.41. The Hall–Kier alpha value is -1.58. The number of hydrogen-bond acceptors (Lipinski definition) is 7. The molecule has 21 heavy (non-hydrogen) atoms. The molecule has 2 rings (SSSR count). The average molecular weight is 361 g/mol. The zero-order valence-electron chi connectivity index (χ0n) is 11.3. The third-order valence-corrected chi connectivity index (χ3v) is 3.25. The van der Waals surface area contributed by atoms with E-state index in [1.165, 1.54) is 12.3 Å². The SMILES string of the molecule is CCOC(=O)C(c1ncc(Br)cc1[N+](=O)[O-])C1OC(C)O1. The summed E-state index contributed by atoms with van der Waals surface area (Å²) in [7, 11) is 0. The molecule has 9 heteroatoms. The summed E-state index contributed by atoms with van der Waals surface area (Å²) in [6.45, 7) is 3.44. The molecule has 1 fully saturated rings. The van der Waals surface area contributed by atoms with Gasteiger partial charge in [0, 0.05) is 16.7 Å². The zero-order chi connectivity index (χ0) is 15.6. The average Bonchev–Trinajstić information content (AvgIpc) is 2.38. The standard InChI is InChI=1S/C12H13BrN2O6/c1-3-19-11(16)9(12-20-6(2)21-12)10-8(15(17)18)4-7(13)5-14-10/h4-6,9,12H,3H2,1-2H3. The van der Waals surface area contributed by atoms with Gasteiger partial charge in [0.05, 0.1) is 11.5 Å². The smallest absolute Gasteiger partial charge is 0.320 e. The molecule has 0 radical (unpaired) electrons. The lowest BCUT2D eigenvalue weighted by Gasteiger charge is -2.37. The van der Waals surface area contributed by atoms with Gasteiger partial charge in [0.1, 0.15) is 5.69 Å². The van der Waals surface area contributed by atoms with Gasteiger partial charge in [-0.05, 0) is 29.8 Å². The van der Waals surface area contributed by atoms with E-state index in [-0.39, 0.29) is 18.0 Å². The zero-order valence-corrected chi connectivity index (χ0v) is 12.9. The number of hydrogen-bond donors (Lipinski definition) is 0. The van der Waals surface area contributed by atoms with Crippen LogP contribution >= 0.6 is 15.9 Å². The van der Waals surface area contributed by atoms with E-state index >= 15 is 0 Å². The molecule has 1 aromatic heterocycles. The first-order valence-electron chi connectivity index (χ1n) is 6.21. The first-order chi connectivity index (χ1) is 9.93. The van der Waals surface area contributed by atoms with E-state index in [0.29, 0.717) is 4.47 Å². The second-order valence-corrected chi connectivity index (χ2v) is 5.17. The number of aromatic nitrogens is 1. The topological polar surface area (TPSA) is 101 Å². The minimum atomic E-state index is -1.10. The molecule has 1 aliphatic rings. The molecule has 0 bridgehead atoms. The van der Waals surface area contributed by atoms with E-state index in [9.17, 15) is 14.9 Å². The summed E-state index contributed by atoms with van der Waals surface area (Å²) in [5.74, 6) is -1.78. The van der Waals surface area contributed by atoms with Gasteiger partial charge in [-0.15, -0.1) is 0 Å². The highest BCUT2D eigenvalue weighted by Crippen LogP contribution is 2.36. The Morgan fingerprint density at radius 3 is 2.81 bits per heavy atom. The Kier molecular flexibility index (Phi) is 4.86. The second kappa shape index (κ2) is 6.46. The Bertz CT molecular complexity index is 561. The van der Waals surface area contributed by atoms with Crippen molar-refractivity contribution in [2.75, 3.05) is 6.61 Å². The van der Waals surface area contributed by atoms with E-state index in [4.69, 9.17) is 14.2 Å². The number of ether oxygens (including phenoxy) is 3. The normalized spacial score (nSPS) is 22.2. The largest absolute Gasteiger partial charge is 0.465 e. The van der Waals surface area contributed by atoms with Gasteiger partial charge in [-0.25, -0.2) is 0 Å². The van der Waals surface area contributed by atoms with Crippen LogP contribution in [0.1, 0.15) is 25.5 Å². The van der Waals surface area contributed by atoms with Crippen molar-refractivity contribution in [2.24, 2.45) is 0 Å². The maximum atomic E-state index is 12.1. The fourth-order valence-electron chi connectivity index (χ4n) is 1.95. The summed E-state index contributed by atoms with van der Waals surface area (Å²) in [4.78, 5) is 26.6. The van der Waals surface area contributed by atoms with Crippen molar-refractivity contribution in [1.82, 2.24) is 4.98 Å². The summed E-state index contributed by atoms with van der Waals surface area (Å²) >= 11 is 3.11. The fourth-order valence-corrected chi connectivity index (χ4v) is 2.27. The molecule has 1 aromatic rings. The van der Waals surface area contributed by atoms with Gasteiger partial charge < -0.3 is 14.2 Å². The monoisotopic (exact) mass is 360 g/mol. The number of nitrogens with zero attached hydrogens (tertiary/aromatic N) is 2. The minimum Gasteiger partial charge on any atom is -0.465 e. The van der Waals surface area contributed by atoms with Crippen LogP contribution in [-0.4, -0.2) is 35.1 Å². The number of nitro groups is 1. The predicted octanol–water partition coefficient (Wildman–Crippen LogP) is 2.12. The van der Waals surface area contributed by atoms with Crippen molar-refractivity contribution in [3.05, 3.63) is 32.5 Å². The van der Waals surface area contributed by atoms with Crippen LogP contribution in [0.25, 0.3) is 0 Å². The summed E-state index contributed by atoms with van der Waals surface area (Å²) in [5.41, 5.74) is -0.340. The lowest BCUT2D eigenvalue weighted by molar-refractivity contribution is -0.392. The van der Waals surface area contributed by atoms with E-state index in [1.807, 2.05) is 0 Å². The van der Waals surface area contributed by atoms with Gasteiger partial charge in [-0.1, -0.05) is 0 Å². The van der Waals surface area contributed by atoms with Crippen molar-refractivity contribution in [2.45, 2.75) is 32.3 Å². The van der Waals surface area contributed by atoms with Crippen LogP contribution in [0.15, 0.2) is 16.7 Å². The fraction of sp³-hybridized carbons (Fsp3) is 0.500. The molecule has 2 heterocycles. The summed E-state index contributed by atoms with van der Waals surface area (Å²) in [6.07, 6.45) is -0.0377. The van der Waals surface area contributed by atoms with E-state index in [1.54, 1.807) is 13.8 Å². The van der Waals surface area contributed by atoms with Crippen molar-refractivity contribution in [3.8, 4) is 0 Å². The number of carbonyl (C=O) groups is 1. The van der Waals surface area contributed by atoms with Crippen LogP contribution in [0, 0.1) is 10.1 Å². The number of rotatable bonds is 5. The number of pyridine rings is 1. The highest BCUT2D eigenvalue weighted by atomic mass is 79.9. The van der Waals surface area contributed by atoms with Gasteiger partial charge in [0.25, 0.3) is 5.69 Å². The van der Waals surface area contributed by atoms with Crippen LogP contribution in [-0.2, 0) is 19.0 Å². The van der Waals surface area contributed by atoms with E-state index in [2.05, 4.69) is 20.9 Å². The Morgan fingerprint density at radius 2 is 2.29 bits per heavy atom. The molecule has 0 N–H and O–H groups in total. The molecule has 8 nitrogen and oxygen atoms in total. The lowest BCUT2D eigenvalue weighted by atomic mass is 10.0. The van der Waals surface area contributed by atoms with E-state index in [0.717, 1.165) is 0 Å². The molecule has 114 valence electrons. The van der Waals surface area contributed by atoms with Gasteiger partial charge in [-0.3, -0.25) is 19.9 Å². The molecule has 1 atom stereocenters. The summed E-state index contributed by atoms with van der Waals surface area (Å²) < 4.78 is 16.0. The molecule has 0 saturated carbocycles. The van der Waals surface area contributed by atoms with Crippen molar-refractivity contribution in [3.63, 3.8) is 0 Å². The van der Waals surface area contributed by atoms with Crippen LogP contribution in [0.3, 0.4) is 0 Å². The molecular formula is C12H13BrN2O6. The highest BCUT2D eigenvalue weighted by molar-refractivity contribution is 9.10. The molecular weight excluding hydrogens is 348 g/mol. The Morgan fingerprint density at radius 1 is 1.62 bits per heavy atom. The molecule has 0 spiro atoms. The first-order valence-corrected chi connectivity index (χ1v) is 7.00. The molecule has 1 saturated heterocycles. The van der Waals surface area contributed by atoms with Crippen LogP contribution < -0.4 is 0 Å². The number of carbonyl (C=O) groups excluding carboxylic acids is 1. The summed E-state index contributed by atoms with van der Waals surface area (Å²) in [6, 6.07) is 1.27. The van der Waals surface area contributed by atoms with Gasteiger partial charge >= 0.3 is 5.97 Å². The van der Waals surface area contributed by atoms with Crippen LogP contribution in [0.2, 0.25) is 0 Å². The van der Waals surface area contributed by atoms with E-state index < -0.39 is 29.4 Å². The molecule has 0 aliphatic carbocycles. The summed E-state index contributed by atoms with van der Waals surface area (Å²) in [5, 5.41) is 11.2. The van der Waals surface area contributed by atoms with Gasteiger partial charge in [-0.2, -0.15) is 0 Å². The second-order valence-electron chi connectivity index (χ2n) is 4.25. The number of halogens is 1. The third-order valence-electron chi connectivity index (χ3n) is 2.82. The third kappa shape index (κ3) is 3.36. The van der Waals surface area contributed by atoms with Gasteiger partial charge in [0.2, 0.25) is 0 Å². The maximum Gasteiger partial charge on any atom is 0.320 e. The lowest BCUT2D eigenvalue weighted by Crippen LogP contribution is -2.46. The highest BCUT2D eigenvalue weighted by Gasteiger charge is 2.45. The van der Waals surface area contributed by atoms with Gasteiger partial charge in [0.15, 0.2) is 18.5 Å². The van der Waals surface area contributed by atoms with Crippen molar-refractivity contribution in [1.29, 1.82) is 0 Å². The maximum absolute atomic E-state index is 12.1. The minimum absolute atomic E-state index is 0.0430. The van der Waals surface area contributed by atoms with Crippen molar-refractivity contribution < 1.29 is 23.9 Å². The first kappa shape index (κ1) is 15.8. The quantitative estimate of drug-likeness (QED) is 0.450. The van der Waals surface area contributed by atoms with Crippen molar-refractivity contribution >= 4 is 27.6 Å². The number of esters is 1. The van der Waals surface area contributed by atoms with Crippen LogP contribution in [0.5, 0.6) is 0 Å². The predicted molar refractivity (Wildman–Crippen MR) is 73.4 cm³/mol. The molecule has 0 amide bonds. The molecule has 1 aliphatic heterocycles. The molecule has 0 aromatic carbocycles. The molecule has 1 unspecified atom stereocenters. The Labute approximate surface area is 128 Å².